The maximum atomic E-state index is 12.7. The molecule has 0 aliphatic heterocycles. The lowest BCUT2D eigenvalue weighted by Gasteiger charge is -2.26. The Morgan fingerprint density at radius 1 is 0.467 bits per heavy atom. The molecule has 0 N–H and O–H groups in total. The molecule has 90 valence electrons. The molecule has 1 saturated carbocycles. The molecule has 1 rings (SSSR count). The van der Waals surface area contributed by atoms with E-state index >= 15 is 0 Å². The van der Waals surface area contributed by atoms with Crippen molar-refractivity contribution >= 4 is 31.9 Å². The van der Waals surface area contributed by atoms with Crippen molar-refractivity contribution < 1.29 is 35.1 Å². The fraction of sp³-hybridized carbons (Fsp3) is 1.00. The third-order valence-corrected chi connectivity index (χ3v) is 3.96. The van der Waals surface area contributed by atoms with Gasteiger partial charge in [-0.05, 0) is 0 Å². The van der Waals surface area contributed by atoms with E-state index in [0.717, 1.165) is 0 Å². The van der Waals surface area contributed by atoms with E-state index in [2.05, 4.69) is 0 Å². The molecule has 10 heteroatoms. The van der Waals surface area contributed by atoms with Crippen LogP contribution >= 0.6 is 31.9 Å². The van der Waals surface area contributed by atoms with E-state index < -0.39 is 26.9 Å². The summed E-state index contributed by atoms with van der Waals surface area (Å²) in [6.45, 7) is 0. The molecule has 0 radical (unpaired) electrons. The quantitative estimate of drug-likeness (QED) is 0.445. The normalized spacial score (nSPS) is 34.0. The lowest BCUT2D eigenvalue weighted by Crippen LogP contribution is -2.51. The fourth-order valence-corrected chi connectivity index (χ4v) is 1.98. The second kappa shape index (κ2) is 2.80. The van der Waals surface area contributed by atoms with Gasteiger partial charge in [-0.25, -0.2) is 0 Å². The van der Waals surface area contributed by atoms with E-state index in [1.165, 1.54) is 31.9 Å². The van der Waals surface area contributed by atoms with E-state index in [1.54, 1.807) is 0 Å². The van der Waals surface area contributed by atoms with Gasteiger partial charge in [-0.2, -0.15) is 35.1 Å². The van der Waals surface area contributed by atoms with Crippen LogP contribution in [0.1, 0.15) is 0 Å². The Bertz CT molecular complexity index is 206. The first kappa shape index (κ1) is 13.5. The molecule has 0 amide bonds. The van der Waals surface area contributed by atoms with Crippen molar-refractivity contribution in [1.29, 1.82) is 0 Å². The van der Waals surface area contributed by atoms with Gasteiger partial charge >= 0.3 is 23.7 Å². The number of alkyl halides is 10. The zero-order valence-corrected chi connectivity index (χ0v) is 9.45. The predicted molar refractivity (Wildman–Crippen MR) is 40.4 cm³/mol. The smallest absolute Gasteiger partial charge is 0.197 e. The van der Waals surface area contributed by atoms with Gasteiger partial charge in [0.05, 0.1) is 0 Å². The molecule has 0 atom stereocenters. The van der Waals surface area contributed by atoms with Gasteiger partial charge < -0.3 is 0 Å². The number of hydrogen-bond donors (Lipinski definition) is 0. The molecule has 0 unspecified atom stereocenters. The minimum absolute atomic E-state index is 1.49. The van der Waals surface area contributed by atoms with Crippen LogP contribution < -0.4 is 0 Å². The van der Waals surface area contributed by atoms with Gasteiger partial charge in [0.15, 0.2) is 0 Å². The molecule has 0 nitrogen and oxygen atoms in total. The van der Waals surface area contributed by atoms with Crippen LogP contribution in [0, 0.1) is 0 Å². The average molecular weight is 372 g/mol. The monoisotopic (exact) mass is 370 g/mol. The van der Waals surface area contributed by atoms with Gasteiger partial charge in [-0.1, -0.05) is 31.9 Å². The topological polar surface area (TPSA) is 0 Å². The Balaban J connectivity index is 3.55. The van der Waals surface area contributed by atoms with Gasteiger partial charge in [0, 0.05) is 0 Å². The Morgan fingerprint density at radius 3 is 0.733 bits per heavy atom. The van der Waals surface area contributed by atoms with Gasteiger partial charge in [0.1, 0.15) is 0 Å². The van der Waals surface area contributed by atoms with Crippen molar-refractivity contribution in [3.8, 4) is 0 Å². The lowest BCUT2D eigenvalue weighted by atomic mass is 10.2. The van der Waals surface area contributed by atoms with Crippen molar-refractivity contribution in [3.63, 3.8) is 0 Å². The van der Waals surface area contributed by atoms with E-state index in [4.69, 9.17) is 0 Å². The summed E-state index contributed by atoms with van der Waals surface area (Å²) in [4.78, 5) is 0. The minimum atomic E-state index is -6.16. The summed E-state index contributed by atoms with van der Waals surface area (Å²) in [6, 6.07) is 0. The number of rotatable bonds is 0. The summed E-state index contributed by atoms with van der Waals surface area (Å²) in [6.07, 6.45) is 0. The summed E-state index contributed by atoms with van der Waals surface area (Å²) in [5, 5.41) is 0. The second-order valence-electron chi connectivity index (χ2n) is 2.87. The van der Waals surface area contributed by atoms with Crippen LogP contribution in [-0.2, 0) is 0 Å². The van der Waals surface area contributed by atoms with Crippen LogP contribution in [0.5, 0.6) is 0 Å². The largest absolute Gasteiger partial charge is 0.380 e. The molecular weight excluding hydrogens is 372 g/mol. The van der Waals surface area contributed by atoms with Crippen LogP contribution in [0.15, 0.2) is 0 Å². The van der Waals surface area contributed by atoms with Gasteiger partial charge in [0.25, 0.3) is 0 Å². The average Bonchev–Trinajstić information content (AvgIpc) is 2.04. The highest BCUT2D eigenvalue weighted by molar-refractivity contribution is 9.25. The third-order valence-electron chi connectivity index (χ3n) is 1.97. The molecule has 0 heterocycles. The molecule has 0 aromatic heterocycles. The van der Waals surface area contributed by atoms with Crippen molar-refractivity contribution in [1.82, 2.24) is 0 Å². The Morgan fingerprint density at radius 2 is 0.667 bits per heavy atom. The Labute approximate surface area is 94.3 Å². The van der Waals surface area contributed by atoms with Crippen molar-refractivity contribution in [2.75, 3.05) is 0 Å². The van der Waals surface area contributed by atoms with Gasteiger partial charge in [0.2, 0.25) is 3.23 Å². The number of hydrogen-bond acceptors (Lipinski definition) is 0. The summed E-state index contributed by atoms with van der Waals surface area (Å²) >= 11 is 2.99. The zero-order chi connectivity index (χ0) is 12.5. The van der Waals surface area contributed by atoms with Crippen LogP contribution in [0.3, 0.4) is 0 Å². The first-order valence-corrected chi connectivity index (χ1v) is 4.73. The second-order valence-corrected chi connectivity index (χ2v) is 6.32. The highest BCUT2D eigenvalue weighted by Crippen LogP contribution is 2.72. The van der Waals surface area contributed by atoms with Crippen LogP contribution in [0.4, 0.5) is 35.1 Å². The Kier molecular flexibility index (Phi) is 2.51. The molecule has 0 aromatic rings. The van der Waals surface area contributed by atoms with E-state index in [9.17, 15) is 35.1 Å². The van der Waals surface area contributed by atoms with Crippen molar-refractivity contribution in [3.05, 3.63) is 0 Å². The molecular formula is C5Br2F8. The highest BCUT2D eigenvalue weighted by Gasteiger charge is 2.98. The molecule has 1 fully saturated rings. The molecule has 1 aliphatic rings. The lowest BCUT2D eigenvalue weighted by molar-refractivity contribution is -0.303. The van der Waals surface area contributed by atoms with Crippen LogP contribution in [-0.4, -0.2) is 26.9 Å². The molecule has 0 spiro atoms. The zero-order valence-electron chi connectivity index (χ0n) is 6.28. The standard InChI is InChI=1S/C5Br2F8/c6-1(7)2(8,9)4(12,13)5(14,15)3(1,10)11. The highest BCUT2D eigenvalue weighted by atomic mass is 79.9. The Hall–Kier alpha value is 0.400. The first-order valence-electron chi connectivity index (χ1n) is 3.14. The SMILES string of the molecule is FC1(F)C(F)(F)C(F)(F)C(Br)(Br)C1(F)F. The maximum absolute atomic E-state index is 12.7. The predicted octanol–water partition coefficient (Wildman–Crippen LogP) is 4.03. The van der Waals surface area contributed by atoms with E-state index in [-0.39, 0.29) is 0 Å². The van der Waals surface area contributed by atoms with E-state index in [1.807, 2.05) is 0 Å². The third kappa shape index (κ3) is 1.07. The molecule has 1 aliphatic carbocycles. The summed E-state index contributed by atoms with van der Waals surface area (Å²) in [7, 11) is 0. The minimum Gasteiger partial charge on any atom is -0.197 e. The maximum Gasteiger partial charge on any atom is 0.380 e. The molecule has 0 saturated heterocycles. The molecule has 15 heavy (non-hydrogen) atoms. The van der Waals surface area contributed by atoms with Gasteiger partial charge in [-0.15, -0.1) is 0 Å². The van der Waals surface area contributed by atoms with Crippen molar-refractivity contribution in [2.24, 2.45) is 0 Å². The molecule has 0 aromatic carbocycles. The van der Waals surface area contributed by atoms with Crippen LogP contribution in [0.25, 0.3) is 0 Å². The van der Waals surface area contributed by atoms with Crippen LogP contribution in [0.2, 0.25) is 0 Å². The number of halogens is 10. The molecule has 0 bridgehead atoms. The fourth-order valence-electron chi connectivity index (χ4n) is 0.986. The summed E-state index contributed by atoms with van der Waals surface area (Å²) in [5.74, 6) is -23.6. The van der Waals surface area contributed by atoms with Gasteiger partial charge in [-0.3, -0.25) is 0 Å². The summed E-state index contributed by atoms with van der Waals surface area (Å²) in [5.41, 5.74) is 0. The summed E-state index contributed by atoms with van der Waals surface area (Å²) < 4.78 is 96.4. The van der Waals surface area contributed by atoms with Crippen molar-refractivity contribution in [2.45, 2.75) is 26.9 Å². The first-order chi connectivity index (χ1) is 6.25. The van der Waals surface area contributed by atoms with E-state index in [0.29, 0.717) is 0 Å².